The average molecular weight is 502 g/mol. The minimum Gasteiger partial charge on any atom is -0.378 e. The fourth-order valence-corrected chi connectivity index (χ4v) is 5.12. The van der Waals surface area contributed by atoms with Crippen molar-refractivity contribution in [2.45, 2.75) is 31.5 Å². The maximum Gasteiger partial charge on any atom is 0.256 e. The van der Waals surface area contributed by atoms with Crippen molar-refractivity contribution in [2.75, 3.05) is 32.1 Å². The normalized spacial score (nSPS) is 18.3. The van der Waals surface area contributed by atoms with Crippen molar-refractivity contribution in [1.82, 2.24) is 29.4 Å². The summed E-state index contributed by atoms with van der Waals surface area (Å²) < 4.78 is 34.7. The summed E-state index contributed by atoms with van der Waals surface area (Å²) in [4.78, 5) is 29.0. The first-order chi connectivity index (χ1) is 17.0. The molecule has 1 aliphatic rings. The number of thiazole rings is 1. The third kappa shape index (κ3) is 4.56. The van der Waals surface area contributed by atoms with Gasteiger partial charge >= 0.3 is 0 Å². The second-order valence-corrected chi connectivity index (χ2v) is 9.22. The number of anilines is 1. The highest BCUT2D eigenvalue weighted by Gasteiger charge is 2.32. The van der Waals surface area contributed by atoms with E-state index in [1.54, 1.807) is 30.1 Å². The van der Waals surface area contributed by atoms with Gasteiger partial charge in [0.1, 0.15) is 11.6 Å². The van der Waals surface area contributed by atoms with Crippen LogP contribution >= 0.6 is 11.3 Å². The number of pyridine rings is 2. The average Bonchev–Trinajstić information content (AvgIpc) is 3.61. The maximum atomic E-state index is 13.4. The molecular weight excluding hydrogens is 476 g/mol. The Bertz CT molecular complexity index is 1360. The van der Waals surface area contributed by atoms with Crippen LogP contribution in [0, 0.1) is 0 Å². The van der Waals surface area contributed by atoms with Crippen molar-refractivity contribution in [1.29, 1.82) is 0 Å². The van der Waals surface area contributed by atoms with Crippen LogP contribution in [0.1, 0.15) is 11.4 Å². The van der Waals surface area contributed by atoms with E-state index in [1.165, 1.54) is 28.3 Å². The molecule has 1 fully saturated rings. The lowest BCUT2D eigenvalue weighted by atomic mass is 10.1. The number of nitrogens with one attached hydrogen (secondary N) is 1. The topological polar surface area (TPSA) is 90.1 Å². The number of aromatic nitrogens is 5. The predicted molar refractivity (Wildman–Crippen MR) is 130 cm³/mol. The van der Waals surface area contributed by atoms with Gasteiger partial charge in [0, 0.05) is 62.4 Å². The van der Waals surface area contributed by atoms with E-state index in [0.29, 0.717) is 34.1 Å². The van der Waals surface area contributed by atoms with Crippen LogP contribution in [-0.2, 0) is 17.7 Å². The first-order valence-electron chi connectivity index (χ1n) is 11.2. The lowest BCUT2D eigenvalue weighted by molar-refractivity contribution is 0.0996. The molecule has 0 saturated carbocycles. The summed E-state index contributed by atoms with van der Waals surface area (Å²) in [7, 11) is 3.60. The molecule has 0 aromatic carbocycles. The molecule has 35 heavy (non-hydrogen) atoms. The monoisotopic (exact) mass is 501 g/mol. The van der Waals surface area contributed by atoms with Gasteiger partial charge in [-0.3, -0.25) is 9.36 Å². The summed E-state index contributed by atoms with van der Waals surface area (Å²) in [5.74, 6) is 1.14. The van der Waals surface area contributed by atoms with E-state index in [2.05, 4.69) is 20.2 Å². The zero-order valence-corrected chi connectivity index (χ0v) is 20.1. The number of nitrogens with zero attached hydrogens (tertiary/aromatic N) is 6. The molecule has 5 heterocycles. The quantitative estimate of drug-likeness (QED) is 0.396. The molecule has 12 heteroatoms. The molecule has 0 spiro atoms. The Morgan fingerprint density at radius 1 is 1.26 bits per heavy atom. The Morgan fingerprint density at radius 2 is 2.11 bits per heavy atom. The molecule has 0 bridgehead atoms. The number of halogens is 2. The Labute approximate surface area is 204 Å². The van der Waals surface area contributed by atoms with Crippen LogP contribution in [0.25, 0.3) is 16.2 Å². The van der Waals surface area contributed by atoms with Gasteiger partial charge < -0.3 is 19.5 Å². The van der Waals surface area contributed by atoms with Gasteiger partial charge in [-0.05, 0) is 19.2 Å². The lowest BCUT2D eigenvalue weighted by Gasteiger charge is -2.19. The van der Waals surface area contributed by atoms with Gasteiger partial charge in [-0.15, -0.1) is 11.3 Å². The van der Waals surface area contributed by atoms with Gasteiger partial charge in [0.15, 0.2) is 16.2 Å². The Hall–Kier alpha value is -3.22. The molecule has 184 valence electrons. The van der Waals surface area contributed by atoms with Crippen LogP contribution in [0.2, 0.25) is 0 Å². The maximum absolute atomic E-state index is 13.4. The molecule has 1 saturated heterocycles. The van der Waals surface area contributed by atoms with Crippen molar-refractivity contribution in [2.24, 2.45) is 0 Å². The van der Waals surface area contributed by atoms with Gasteiger partial charge in [-0.2, -0.15) is 0 Å². The summed E-state index contributed by atoms with van der Waals surface area (Å²) in [5.41, 5.74) is 0.714. The minimum atomic E-state index is -2.51. The van der Waals surface area contributed by atoms with Crippen molar-refractivity contribution in [3.63, 3.8) is 0 Å². The summed E-state index contributed by atoms with van der Waals surface area (Å²) in [6, 6.07) is 3.77. The molecule has 0 radical (unpaired) electrons. The standard InChI is InChI=1S/C23H25F2N7O2S/c1-26-16-11-31(12-17(16)34-2)19-4-3-15-21(33)14(9-20-27-5-7-30(20)13-18(24)25)10-32(22(15)29-19)23-28-6-8-35-23/h3-8,10,16-18,26H,9,11-13H2,1-2H3. The fourth-order valence-electron chi connectivity index (χ4n) is 4.50. The van der Waals surface area contributed by atoms with E-state index in [1.807, 2.05) is 18.5 Å². The Balaban J connectivity index is 1.58. The zero-order chi connectivity index (χ0) is 24.5. The Kier molecular flexibility index (Phi) is 6.58. The largest absolute Gasteiger partial charge is 0.378 e. The predicted octanol–water partition coefficient (Wildman–Crippen LogP) is 2.32. The van der Waals surface area contributed by atoms with Crippen molar-refractivity contribution >= 4 is 28.2 Å². The van der Waals surface area contributed by atoms with Gasteiger partial charge in [-0.1, -0.05) is 0 Å². The third-order valence-electron chi connectivity index (χ3n) is 6.28. The van der Waals surface area contributed by atoms with E-state index in [9.17, 15) is 13.6 Å². The van der Waals surface area contributed by atoms with Gasteiger partial charge in [0.05, 0.1) is 24.1 Å². The van der Waals surface area contributed by atoms with Gasteiger partial charge in [-0.25, -0.2) is 23.7 Å². The van der Waals surface area contributed by atoms with Crippen molar-refractivity contribution in [3.8, 4) is 5.13 Å². The van der Waals surface area contributed by atoms with Gasteiger partial charge in [0.2, 0.25) is 0 Å². The second kappa shape index (κ2) is 9.80. The van der Waals surface area contributed by atoms with Gasteiger partial charge in [0.25, 0.3) is 6.43 Å². The lowest BCUT2D eigenvalue weighted by Crippen LogP contribution is -2.37. The molecule has 9 nitrogen and oxygen atoms in total. The SMILES string of the molecule is CNC1CN(c2ccc3c(=O)c(Cc4nccn4CC(F)F)cn(-c4nccs4)c3n2)CC1OC. The third-order valence-corrected chi connectivity index (χ3v) is 7.05. The molecule has 4 aromatic rings. The number of methoxy groups -OCH3 is 1. The number of rotatable bonds is 8. The molecule has 1 aliphatic heterocycles. The number of hydrogen-bond donors (Lipinski definition) is 1. The summed E-state index contributed by atoms with van der Waals surface area (Å²) in [5, 5.41) is 6.21. The molecule has 5 rings (SSSR count). The number of ether oxygens (including phenoxy) is 1. The first kappa shape index (κ1) is 23.5. The Morgan fingerprint density at radius 3 is 2.80 bits per heavy atom. The molecule has 2 atom stereocenters. The first-order valence-corrected chi connectivity index (χ1v) is 12.0. The van der Waals surface area contributed by atoms with Crippen LogP contribution < -0.4 is 15.6 Å². The number of hydrogen-bond acceptors (Lipinski definition) is 8. The summed E-state index contributed by atoms with van der Waals surface area (Å²) >= 11 is 1.42. The fraction of sp³-hybridized carbons (Fsp3) is 0.391. The van der Waals surface area contributed by atoms with E-state index < -0.39 is 13.0 Å². The van der Waals surface area contributed by atoms with Crippen molar-refractivity contribution in [3.05, 3.63) is 63.9 Å². The molecular formula is C23H25F2N7O2S. The number of likely N-dealkylation sites (N-methyl/N-ethyl adjacent to an activating group) is 1. The number of fused-ring (bicyclic) bond motifs is 1. The highest BCUT2D eigenvalue weighted by molar-refractivity contribution is 7.12. The number of imidazole rings is 1. The van der Waals surface area contributed by atoms with E-state index in [4.69, 9.17) is 9.72 Å². The molecule has 0 amide bonds. The highest BCUT2D eigenvalue weighted by Crippen LogP contribution is 2.25. The van der Waals surface area contributed by atoms with Crippen LogP contribution in [0.4, 0.5) is 14.6 Å². The summed E-state index contributed by atoms with van der Waals surface area (Å²) in [6.07, 6.45) is 3.97. The van der Waals surface area contributed by atoms with E-state index in [0.717, 1.165) is 12.4 Å². The minimum absolute atomic E-state index is 0.0259. The zero-order valence-electron chi connectivity index (χ0n) is 19.3. The van der Waals surface area contributed by atoms with Crippen LogP contribution in [0.5, 0.6) is 0 Å². The molecule has 1 N–H and O–H groups in total. The van der Waals surface area contributed by atoms with E-state index in [-0.39, 0.29) is 24.0 Å². The summed E-state index contributed by atoms with van der Waals surface area (Å²) in [6.45, 7) is 0.924. The van der Waals surface area contributed by atoms with Crippen LogP contribution in [0.3, 0.4) is 0 Å². The van der Waals surface area contributed by atoms with Crippen LogP contribution in [0.15, 0.2) is 47.1 Å². The highest BCUT2D eigenvalue weighted by atomic mass is 32.1. The molecule has 2 unspecified atom stereocenters. The van der Waals surface area contributed by atoms with Crippen molar-refractivity contribution < 1.29 is 13.5 Å². The van der Waals surface area contributed by atoms with Crippen LogP contribution in [-0.4, -0.2) is 69.9 Å². The van der Waals surface area contributed by atoms with E-state index >= 15 is 0 Å². The number of alkyl halides is 2. The second-order valence-electron chi connectivity index (χ2n) is 8.35. The smallest absolute Gasteiger partial charge is 0.256 e. The molecule has 4 aromatic heterocycles. The molecule has 0 aliphatic carbocycles.